The zero-order valence-corrected chi connectivity index (χ0v) is 12.7. The van der Waals surface area contributed by atoms with Gasteiger partial charge in [-0.1, -0.05) is 30.3 Å². The van der Waals surface area contributed by atoms with E-state index in [0.717, 1.165) is 24.2 Å². The van der Waals surface area contributed by atoms with Crippen LogP contribution in [-0.2, 0) is 4.74 Å². The van der Waals surface area contributed by atoms with Crippen LogP contribution in [0.2, 0.25) is 0 Å². The van der Waals surface area contributed by atoms with Crippen LogP contribution in [0.25, 0.3) is 0 Å². The maximum atomic E-state index is 11.9. The normalized spacial score (nSPS) is 12.8. The molecule has 106 valence electrons. The Morgan fingerprint density at radius 2 is 1.95 bits per heavy atom. The Bertz CT molecular complexity index is 387. The van der Waals surface area contributed by atoms with Gasteiger partial charge in [0.2, 0.25) is 0 Å². The number of benzene rings is 1. The fraction of sp³-hybridized carbons (Fsp3) is 0.533. The second kappa shape index (κ2) is 7.43. The number of alkyl carbamates (subject to hydrolysis) is 1. The van der Waals surface area contributed by atoms with Gasteiger partial charge in [0.15, 0.2) is 0 Å². The first kappa shape index (κ1) is 15.9. The van der Waals surface area contributed by atoms with Crippen LogP contribution in [0.4, 0.5) is 4.79 Å². The Balaban J connectivity index is 2.67. The Kier molecular flexibility index (Phi) is 6.22. The lowest BCUT2D eigenvalue weighted by atomic mass is 10.0. The van der Waals surface area contributed by atoms with E-state index in [1.807, 2.05) is 51.1 Å². The molecular weight excluding hydrogens is 258 g/mol. The summed E-state index contributed by atoms with van der Waals surface area (Å²) in [4.78, 5) is 11.9. The van der Waals surface area contributed by atoms with Crippen molar-refractivity contribution in [2.75, 3.05) is 5.75 Å². The third kappa shape index (κ3) is 6.53. The lowest BCUT2D eigenvalue weighted by Gasteiger charge is -2.24. The summed E-state index contributed by atoms with van der Waals surface area (Å²) in [5, 5.41) is 2.93. The molecule has 0 aliphatic rings. The summed E-state index contributed by atoms with van der Waals surface area (Å²) in [6.45, 7) is 5.58. The molecule has 1 atom stereocenters. The number of carbonyl (C=O) groups excluding carboxylic acids is 1. The van der Waals surface area contributed by atoms with Crippen LogP contribution in [0.1, 0.15) is 45.2 Å². The molecule has 0 saturated heterocycles. The highest BCUT2D eigenvalue weighted by atomic mass is 32.1. The number of hydrogen-bond acceptors (Lipinski definition) is 3. The highest BCUT2D eigenvalue weighted by Crippen LogP contribution is 2.19. The number of amides is 1. The van der Waals surface area contributed by atoms with Crippen molar-refractivity contribution in [3.8, 4) is 0 Å². The van der Waals surface area contributed by atoms with Crippen LogP contribution >= 0.6 is 12.6 Å². The lowest BCUT2D eigenvalue weighted by Crippen LogP contribution is -2.35. The van der Waals surface area contributed by atoms with Crippen LogP contribution in [-0.4, -0.2) is 17.4 Å². The summed E-state index contributed by atoms with van der Waals surface area (Å²) in [7, 11) is 0. The SMILES string of the molecule is CC(C)(C)OC(=O)NC(CCCS)c1ccccc1. The van der Waals surface area contributed by atoms with Gasteiger partial charge in [0, 0.05) is 0 Å². The smallest absolute Gasteiger partial charge is 0.408 e. The summed E-state index contributed by atoms with van der Waals surface area (Å²) < 4.78 is 5.30. The third-order valence-corrected chi connectivity index (χ3v) is 2.86. The average molecular weight is 281 g/mol. The van der Waals surface area contributed by atoms with Crippen molar-refractivity contribution < 1.29 is 9.53 Å². The van der Waals surface area contributed by atoms with Crippen LogP contribution < -0.4 is 5.32 Å². The molecule has 0 aliphatic carbocycles. The van der Waals surface area contributed by atoms with Gasteiger partial charge in [0.25, 0.3) is 0 Å². The van der Waals surface area contributed by atoms with Gasteiger partial charge in [-0.05, 0) is 44.9 Å². The van der Waals surface area contributed by atoms with Crippen molar-refractivity contribution in [3.05, 3.63) is 35.9 Å². The van der Waals surface area contributed by atoms with E-state index in [2.05, 4.69) is 17.9 Å². The van der Waals surface area contributed by atoms with E-state index in [-0.39, 0.29) is 12.1 Å². The number of nitrogens with one attached hydrogen (secondary N) is 1. The van der Waals surface area contributed by atoms with E-state index < -0.39 is 5.60 Å². The molecule has 1 aromatic rings. The minimum absolute atomic E-state index is 0.0248. The van der Waals surface area contributed by atoms with E-state index in [1.165, 1.54) is 0 Å². The highest BCUT2D eigenvalue weighted by Gasteiger charge is 2.20. The molecule has 4 heteroatoms. The molecule has 1 unspecified atom stereocenters. The molecule has 0 aromatic heterocycles. The number of carbonyl (C=O) groups is 1. The summed E-state index contributed by atoms with van der Waals surface area (Å²) in [5.41, 5.74) is 0.615. The van der Waals surface area contributed by atoms with E-state index in [1.54, 1.807) is 0 Å². The third-order valence-electron chi connectivity index (χ3n) is 2.54. The van der Waals surface area contributed by atoms with Gasteiger partial charge in [-0.3, -0.25) is 0 Å². The summed E-state index contributed by atoms with van der Waals surface area (Å²) in [6, 6.07) is 9.91. The lowest BCUT2D eigenvalue weighted by molar-refractivity contribution is 0.0501. The summed E-state index contributed by atoms with van der Waals surface area (Å²) in [6.07, 6.45) is 1.42. The number of thiol groups is 1. The second-order valence-corrected chi connectivity index (χ2v) is 5.92. The fourth-order valence-electron chi connectivity index (χ4n) is 1.75. The molecule has 1 rings (SSSR count). The molecule has 1 aromatic carbocycles. The molecule has 1 amide bonds. The Morgan fingerprint density at radius 1 is 1.32 bits per heavy atom. The predicted octanol–water partition coefficient (Wildman–Crippen LogP) is 3.96. The molecule has 0 radical (unpaired) electrons. The molecule has 3 nitrogen and oxygen atoms in total. The Hall–Kier alpha value is -1.16. The van der Waals surface area contributed by atoms with E-state index >= 15 is 0 Å². The molecule has 0 bridgehead atoms. The van der Waals surface area contributed by atoms with Gasteiger partial charge in [0.05, 0.1) is 6.04 Å². The van der Waals surface area contributed by atoms with Crippen molar-refractivity contribution >= 4 is 18.7 Å². The summed E-state index contributed by atoms with van der Waals surface area (Å²) in [5.74, 6) is 0.805. The number of ether oxygens (including phenoxy) is 1. The van der Waals surface area contributed by atoms with Crippen molar-refractivity contribution in [2.24, 2.45) is 0 Å². The van der Waals surface area contributed by atoms with E-state index in [0.29, 0.717) is 0 Å². The Labute approximate surface area is 121 Å². The van der Waals surface area contributed by atoms with Gasteiger partial charge in [-0.25, -0.2) is 4.79 Å². The zero-order valence-electron chi connectivity index (χ0n) is 11.8. The minimum Gasteiger partial charge on any atom is -0.444 e. The number of hydrogen-bond donors (Lipinski definition) is 2. The van der Waals surface area contributed by atoms with Gasteiger partial charge in [-0.15, -0.1) is 0 Å². The molecular formula is C15H23NO2S. The van der Waals surface area contributed by atoms with Gasteiger partial charge >= 0.3 is 6.09 Å². The molecule has 0 fully saturated rings. The van der Waals surface area contributed by atoms with E-state index in [9.17, 15) is 4.79 Å². The molecule has 19 heavy (non-hydrogen) atoms. The standard InChI is InChI=1S/C15H23NO2S/c1-15(2,3)18-14(17)16-13(10-7-11-19)12-8-5-4-6-9-12/h4-6,8-9,13,19H,7,10-11H2,1-3H3,(H,16,17). The van der Waals surface area contributed by atoms with Crippen LogP contribution in [0.15, 0.2) is 30.3 Å². The zero-order chi connectivity index (χ0) is 14.3. The molecule has 0 saturated carbocycles. The second-order valence-electron chi connectivity index (χ2n) is 5.48. The largest absolute Gasteiger partial charge is 0.444 e. The Morgan fingerprint density at radius 3 is 2.47 bits per heavy atom. The first-order valence-electron chi connectivity index (χ1n) is 6.57. The van der Waals surface area contributed by atoms with Gasteiger partial charge < -0.3 is 10.1 Å². The molecule has 0 spiro atoms. The van der Waals surface area contributed by atoms with Crippen LogP contribution in [0.5, 0.6) is 0 Å². The van der Waals surface area contributed by atoms with Crippen LogP contribution in [0.3, 0.4) is 0 Å². The quantitative estimate of drug-likeness (QED) is 0.802. The van der Waals surface area contributed by atoms with Crippen molar-refractivity contribution in [3.63, 3.8) is 0 Å². The highest BCUT2D eigenvalue weighted by molar-refractivity contribution is 7.80. The first-order valence-corrected chi connectivity index (χ1v) is 7.21. The first-order chi connectivity index (χ1) is 8.92. The van der Waals surface area contributed by atoms with Crippen molar-refractivity contribution in [1.82, 2.24) is 5.32 Å². The maximum Gasteiger partial charge on any atom is 0.408 e. The number of rotatable bonds is 5. The monoisotopic (exact) mass is 281 g/mol. The summed E-state index contributed by atoms with van der Waals surface area (Å²) >= 11 is 4.22. The topological polar surface area (TPSA) is 38.3 Å². The molecule has 0 heterocycles. The van der Waals surface area contributed by atoms with Crippen molar-refractivity contribution in [2.45, 2.75) is 45.3 Å². The minimum atomic E-state index is -0.477. The average Bonchev–Trinajstić information content (AvgIpc) is 2.33. The molecule has 1 N–H and O–H groups in total. The molecule has 0 aliphatic heterocycles. The maximum absolute atomic E-state index is 11.9. The fourth-order valence-corrected chi connectivity index (χ4v) is 1.94. The van der Waals surface area contributed by atoms with Gasteiger partial charge in [0.1, 0.15) is 5.60 Å². The predicted molar refractivity (Wildman–Crippen MR) is 81.6 cm³/mol. The van der Waals surface area contributed by atoms with Gasteiger partial charge in [-0.2, -0.15) is 12.6 Å². The van der Waals surface area contributed by atoms with E-state index in [4.69, 9.17) is 4.74 Å². The van der Waals surface area contributed by atoms with Crippen molar-refractivity contribution in [1.29, 1.82) is 0 Å². The van der Waals surface area contributed by atoms with Crippen LogP contribution in [0, 0.1) is 0 Å².